The highest BCUT2D eigenvalue weighted by Crippen LogP contribution is 2.39. The Morgan fingerprint density at radius 2 is 1.76 bits per heavy atom. The Bertz CT molecular complexity index is 1400. The van der Waals surface area contributed by atoms with E-state index in [1.54, 1.807) is 38.5 Å². The van der Waals surface area contributed by atoms with Crippen LogP contribution in [0.15, 0.2) is 82.9 Å². The summed E-state index contributed by atoms with van der Waals surface area (Å²) in [6.07, 6.45) is 0.660. The highest BCUT2D eigenvalue weighted by molar-refractivity contribution is 8.15. The Kier molecular flexibility index (Phi) is 7.46. The molecule has 3 aromatic carbocycles. The number of aryl methyl sites for hydroxylation is 1. The fourth-order valence-electron chi connectivity index (χ4n) is 4.38. The fraction of sp³-hybridized carbons (Fsp3) is 0.241. The number of benzene rings is 3. The van der Waals surface area contributed by atoms with Crippen LogP contribution in [-0.4, -0.2) is 47.2 Å². The molecular weight excluding hydrogens is 500 g/mol. The summed E-state index contributed by atoms with van der Waals surface area (Å²) >= 11 is 1.28. The lowest BCUT2D eigenvalue weighted by Crippen LogP contribution is -2.25. The van der Waals surface area contributed by atoms with Crippen molar-refractivity contribution in [2.24, 2.45) is 10.1 Å². The van der Waals surface area contributed by atoms with Gasteiger partial charge in [0.25, 0.3) is 5.91 Å². The monoisotopic (exact) mass is 528 g/mol. The third-order valence-electron chi connectivity index (χ3n) is 6.44. The number of ether oxygens (including phenoxy) is 2. The van der Waals surface area contributed by atoms with Crippen molar-refractivity contribution in [1.29, 1.82) is 0 Å². The van der Waals surface area contributed by atoms with E-state index < -0.39 is 5.25 Å². The minimum atomic E-state index is -0.620. The number of thioether (sulfide) groups is 1. The lowest BCUT2D eigenvalue weighted by molar-refractivity contribution is -0.121. The lowest BCUT2D eigenvalue weighted by atomic mass is 9.98. The number of nitrogens with one attached hydrogen (secondary N) is 1. The van der Waals surface area contributed by atoms with E-state index in [9.17, 15) is 9.59 Å². The van der Waals surface area contributed by atoms with Crippen LogP contribution in [0.3, 0.4) is 0 Å². The molecule has 9 heteroatoms. The van der Waals surface area contributed by atoms with Gasteiger partial charge in [-0.2, -0.15) is 10.1 Å². The van der Waals surface area contributed by atoms with Crippen LogP contribution in [-0.2, 0) is 9.59 Å². The van der Waals surface area contributed by atoms with E-state index in [1.807, 2.05) is 36.2 Å². The Morgan fingerprint density at radius 1 is 1.03 bits per heavy atom. The molecule has 5 rings (SSSR count). The molecule has 3 aromatic rings. The predicted molar refractivity (Wildman–Crippen MR) is 150 cm³/mol. The zero-order valence-electron chi connectivity index (χ0n) is 21.4. The van der Waals surface area contributed by atoms with Crippen molar-refractivity contribution in [2.45, 2.75) is 31.1 Å². The number of methoxy groups -OCH3 is 2. The number of hydrogen-bond acceptors (Lipinski definition) is 7. The van der Waals surface area contributed by atoms with Gasteiger partial charge >= 0.3 is 0 Å². The maximum absolute atomic E-state index is 12.8. The molecule has 0 spiro atoms. The highest BCUT2D eigenvalue weighted by Gasteiger charge is 2.39. The molecular formula is C29H28N4O4S. The minimum absolute atomic E-state index is 0.00326. The van der Waals surface area contributed by atoms with Crippen molar-refractivity contribution in [2.75, 3.05) is 19.5 Å². The van der Waals surface area contributed by atoms with Gasteiger partial charge in [0.15, 0.2) is 5.17 Å². The van der Waals surface area contributed by atoms with E-state index >= 15 is 0 Å². The molecule has 0 fully saturated rings. The first-order chi connectivity index (χ1) is 18.4. The number of amides is 2. The Balaban J connectivity index is 1.34. The molecule has 0 saturated carbocycles. The first-order valence-electron chi connectivity index (χ1n) is 12.2. The molecule has 38 heavy (non-hydrogen) atoms. The van der Waals surface area contributed by atoms with E-state index in [0.29, 0.717) is 23.0 Å². The molecule has 0 unspecified atom stereocenters. The Morgan fingerprint density at radius 3 is 2.47 bits per heavy atom. The van der Waals surface area contributed by atoms with Gasteiger partial charge in [-0.15, -0.1) is 0 Å². The number of rotatable bonds is 7. The van der Waals surface area contributed by atoms with Crippen LogP contribution >= 0.6 is 11.8 Å². The van der Waals surface area contributed by atoms with Crippen LogP contribution in [0.4, 0.5) is 5.69 Å². The molecule has 2 aliphatic heterocycles. The summed E-state index contributed by atoms with van der Waals surface area (Å²) in [6.45, 7) is 2.05. The second-order valence-electron chi connectivity index (χ2n) is 9.07. The van der Waals surface area contributed by atoms with Gasteiger partial charge < -0.3 is 14.8 Å². The van der Waals surface area contributed by atoms with Crippen LogP contribution in [0, 0.1) is 6.92 Å². The first kappa shape index (κ1) is 25.5. The standard InChI is InChI=1S/C29H28N4O4S/c1-18-7-9-19(10-8-18)24-16-25(20-11-13-22(36-2)14-12-20)33(32-24)29-31-28(35)26(38-29)17-27(34)30-21-5-4-6-23(15-21)37-3/h4-15,25-26H,16-17H2,1-3H3,(H,30,34)/t25-,26-/m1/s1. The van der Waals surface area contributed by atoms with E-state index in [0.717, 1.165) is 22.6 Å². The molecule has 0 aliphatic carbocycles. The van der Waals surface area contributed by atoms with Gasteiger partial charge in [-0.1, -0.05) is 59.8 Å². The summed E-state index contributed by atoms with van der Waals surface area (Å²) in [5.74, 6) is 0.805. The molecule has 2 amide bonds. The van der Waals surface area contributed by atoms with Gasteiger partial charge in [0.05, 0.1) is 26.0 Å². The van der Waals surface area contributed by atoms with Gasteiger partial charge in [-0.25, -0.2) is 5.01 Å². The molecule has 1 N–H and O–H groups in total. The maximum atomic E-state index is 12.8. The molecule has 2 aliphatic rings. The van der Waals surface area contributed by atoms with E-state index in [-0.39, 0.29) is 24.3 Å². The smallest absolute Gasteiger partial charge is 0.262 e. The summed E-state index contributed by atoms with van der Waals surface area (Å²) in [5.41, 5.74) is 4.76. The molecule has 8 nitrogen and oxygen atoms in total. The third kappa shape index (κ3) is 5.57. The number of aliphatic imine (C=N–C) groups is 1. The summed E-state index contributed by atoms with van der Waals surface area (Å²) < 4.78 is 10.5. The maximum Gasteiger partial charge on any atom is 0.262 e. The van der Waals surface area contributed by atoms with Crippen LogP contribution in [0.5, 0.6) is 11.5 Å². The van der Waals surface area contributed by atoms with Crippen molar-refractivity contribution in [1.82, 2.24) is 5.01 Å². The fourth-order valence-corrected chi connectivity index (χ4v) is 5.44. The number of hydrogen-bond donors (Lipinski definition) is 1. The highest BCUT2D eigenvalue weighted by atomic mass is 32.2. The average molecular weight is 529 g/mol. The quantitative estimate of drug-likeness (QED) is 0.454. The van der Waals surface area contributed by atoms with E-state index in [2.05, 4.69) is 34.6 Å². The number of anilines is 1. The number of nitrogens with zero attached hydrogens (tertiary/aromatic N) is 3. The first-order valence-corrected chi connectivity index (χ1v) is 13.1. The predicted octanol–water partition coefficient (Wildman–Crippen LogP) is 5.19. The van der Waals surface area contributed by atoms with Gasteiger partial charge in [0.2, 0.25) is 5.91 Å². The van der Waals surface area contributed by atoms with Crippen molar-refractivity contribution in [3.05, 3.63) is 89.5 Å². The molecule has 194 valence electrons. The molecule has 0 aromatic heterocycles. The summed E-state index contributed by atoms with van der Waals surface area (Å²) in [6, 6.07) is 23.0. The van der Waals surface area contributed by atoms with Crippen LogP contribution in [0.1, 0.15) is 35.6 Å². The largest absolute Gasteiger partial charge is 0.497 e. The summed E-state index contributed by atoms with van der Waals surface area (Å²) in [5, 5.41) is 9.44. The zero-order valence-corrected chi connectivity index (χ0v) is 22.2. The van der Waals surface area contributed by atoms with Crippen molar-refractivity contribution < 1.29 is 19.1 Å². The van der Waals surface area contributed by atoms with E-state index in [4.69, 9.17) is 14.6 Å². The number of hydrazone groups is 1. The summed E-state index contributed by atoms with van der Waals surface area (Å²) in [4.78, 5) is 29.9. The molecule has 0 radical (unpaired) electrons. The van der Waals surface area contributed by atoms with Gasteiger partial charge in [-0.3, -0.25) is 9.59 Å². The zero-order chi connectivity index (χ0) is 26.6. The number of carbonyl (C=O) groups excluding carboxylic acids is 2. The number of carbonyl (C=O) groups is 2. The van der Waals surface area contributed by atoms with Gasteiger partial charge in [0, 0.05) is 24.6 Å². The van der Waals surface area contributed by atoms with Crippen molar-refractivity contribution >= 4 is 40.1 Å². The van der Waals surface area contributed by atoms with Crippen LogP contribution in [0.25, 0.3) is 0 Å². The third-order valence-corrected chi connectivity index (χ3v) is 7.59. The van der Waals surface area contributed by atoms with Gasteiger partial charge in [0.1, 0.15) is 16.7 Å². The number of amidine groups is 1. The van der Waals surface area contributed by atoms with E-state index in [1.165, 1.54) is 17.3 Å². The second kappa shape index (κ2) is 11.1. The SMILES string of the molecule is COc1ccc([C@H]2CC(c3ccc(C)cc3)=NN2C2=NC(=O)[C@@H](CC(=O)Nc3cccc(OC)c3)S2)cc1. The lowest BCUT2D eigenvalue weighted by Gasteiger charge is -2.23. The molecule has 0 bridgehead atoms. The van der Waals surface area contributed by atoms with Crippen molar-refractivity contribution in [3.63, 3.8) is 0 Å². The topological polar surface area (TPSA) is 92.6 Å². The molecule has 0 saturated heterocycles. The molecule has 2 atom stereocenters. The average Bonchev–Trinajstić information content (AvgIpc) is 3.53. The Hall–Kier alpha value is -4.11. The minimum Gasteiger partial charge on any atom is -0.497 e. The second-order valence-corrected chi connectivity index (χ2v) is 10.2. The van der Waals surface area contributed by atoms with Crippen LogP contribution < -0.4 is 14.8 Å². The van der Waals surface area contributed by atoms with Crippen LogP contribution in [0.2, 0.25) is 0 Å². The Labute approximate surface area is 225 Å². The normalized spacial score (nSPS) is 18.7. The molecule has 2 heterocycles. The van der Waals surface area contributed by atoms with Crippen molar-refractivity contribution in [3.8, 4) is 11.5 Å². The van der Waals surface area contributed by atoms with Gasteiger partial charge in [-0.05, 0) is 42.3 Å². The summed E-state index contributed by atoms with van der Waals surface area (Å²) in [7, 11) is 3.20.